The van der Waals surface area contributed by atoms with Crippen molar-refractivity contribution in [2.75, 3.05) is 38.8 Å². The van der Waals surface area contributed by atoms with E-state index in [4.69, 9.17) is 11.5 Å². The Morgan fingerprint density at radius 1 is 1.12 bits per heavy atom. The summed E-state index contributed by atoms with van der Waals surface area (Å²) >= 11 is 0. The van der Waals surface area contributed by atoms with Gasteiger partial charge in [-0.05, 0) is 38.4 Å². The first-order valence-electron chi connectivity index (χ1n) is 12.1. The summed E-state index contributed by atoms with van der Waals surface area (Å²) in [5.74, 6) is -10.7. The molecule has 1 aromatic rings. The van der Waals surface area contributed by atoms with Crippen molar-refractivity contribution in [3.63, 3.8) is 0 Å². The lowest BCUT2D eigenvalue weighted by Crippen LogP contribution is -2.63. The smallest absolute Gasteiger partial charge is 0.510 e. The molecule has 3 unspecified atom stereocenters. The van der Waals surface area contributed by atoms with Gasteiger partial charge in [0.15, 0.2) is 22.9 Å². The summed E-state index contributed by atoms with van der Waals surface area (Å²) in [6.07, 6.45) is -0.681. The second-order valence-electron chi connectivity index (χ2n) is 10.6. The molecule has 4 rings (SSSR count). The number of rotatable bonds is 5. The quantitative estimate of drug-likeness (QED) is 0.0837. The predicted octanol–water partition coefficient (Wildman–Crippen LogP) is -0.00280. The second-order valence-corrected chi connectivity index (χ2v) is 12.2. The zero-order valence-corrected chi connectivity index (χ0v) is 23.3. The van der Waals surface area contributed by atoms with Gasteiger partial charge in [0, 0.05) is 25.6 Å². The number of hydrogen-bond donors (Lipinski definition) is 6. The number of nitrogen functional groups attached to an aromatic ring is 1. The minimum atomic E-state index is -6.28. The van der Waals surface area contributed by atoms with E-state index in [0.717, 1.165) is 4.90 Å². The number of hydrogen-bond acceptors (Lipinski definition) is 13. The van der Waals surface area contributed by atoms with Crippen LogP contribution in [0.2, 0.25) is 0 Å². The van der Waals surface area contributed by atoms with Gasteiger partial charge >= 0.3 is 15.6 Å². The van der Waals surface area contributed by atoms with E-state index in [1.807, 2.05) is 0 Å². The molecule has 0 saturated heterocycles. The third kappa shape index (κ3) is 4.07. The van der Waals surface area contributed by atoms with E-state index in [1.54, 1.807) is 0 Å². The number of nitrogens with zero attached hydrogens (tertiary/aromatic N) is 2. The number of ketones is 2. The van der Waals surface area contributed by atoms with Gasteiger partial charge in [0.05, 0.1) is 17.3 Å². The molecule has 3 aliphatic carbocycles. The molecule has 8 N–H and O–H groups in total. The molecule has 0 heterocycles. The van der Waals surface area contributed by atoms with Crippen LogP contribution >= 0.6 is 0 Å². The molecule has 230 valence electrons. The Labute approximate surface area is 236 Å². The zero-order valence-electron chi connectivity index (χ0n) is 22.5. The second kappa shape index (κ2) is 9.50. The number of Topliss-reactive ketones (excluding diaryl/α,β-unsaturated/α-hetero) is 2. The van der Waals surface area contributed by atoms with E-state index in [2.05, 4.69) is 4.18 Å². The Morgan fingerprint density at radius 2 is 1.69 bits per heavy atom. The molecule has 0 bridgehead atoms. The Bertz CT molecular complexity index is 1620. The van der Waals surface area contributed by atoms with Crippen molar-refractivity contribution in [3.05, 3.63) is 33.8 Å². The molecule has 0 aliphatic heterocycles. The number of phenols is 1. The molecule has 0 saturated carbocycles. The predicted molar refractivity (Wildman–Crippen MR) is 138 cm³/mol. The molecule has 42 heavy (non-hydrogen) atoms. The van der Waals surface area contributed by atoms with E-state index in [1.165, 1.54) is 33.1 Å². The number of benzene rings is 1. The van der Waals surface area contributed by atoms with Crippen LogP contribution in [0.4, 0.5) is 24.5 Å². The Hall–Kier alpha value is -4.03. The fourth-order valence-electron chi connectivity index (χ4n) is 6.08. The molecule has 14 nitrogen and oxygen atoms in total. The molecule has 3 aliphatic rings. The van der Waals surface area contributed by atoms with Gasteiger partial charge < -0.3 is 41.0 Å². The minimum absolute atomic E-state index is 0.197. The van der Waals surface area contributed by atoms with Gasteiger partial charge in [0.25, 0.3) is 5.91 Å². The number of anilines is 2. The summed E-state index contributed by atoms with van der Waals surface area (Å²) in [5.41, 5.74) is -1.57. The maximum atomic E-state index is 13.8. The number of fused-ring (bicyclic) bond motifs is 3. The first-order valence-corrected chi connectivity index (χ1v) is 13.5. The highest BCUT2D eigenvalue weighted by Crippen LogP contribution is 2.56. The van der Waals surface area contributed by atoms with Crippen molar-refractivity contribution in [2.45, 2.75) is 30.0 Å². The number of aromatic hydroxyl groups is 1. The fraction of sp³-hybridized carbons (Fsp3) is 0.458. The van der Waals surface area contributed by atoms with Crippen LogP contribution in [0.3, 0.4) is 0 Å². The van der Waals surface area contributed by atoms with Crippen LogP contribution in [0.15, 0.2) is 22.7 Å². The average Bonchev–Trinajstić information content (AvgIpc) is 2.83. The van der Waals surface area contributed by atoms with Gasteiger partial charge in [-0.1, -0.05) is 0 Å². The summed E-state index contributed by atoms with van der Waals surface area (Å²) in [4.78, 5) is 41.6. The number of allylic oxidation sites excluding steroid dienone is 1. The maximum Gasteiger partial charge on any atom is 0.534 e. The summed E-state index contributed by atoms with van der Waals surface area (Å²) in [6, 6.07) is -1.28. The number of halogens is 3. The molecular weight excluding hydrogens is 593 g/mol. The molecule has 0 aromatic heterocycles. The van der Waals surface area contributed by atoms with Crippen molar-refractivity contribution < 1.29 is 60.6 Å². The number of phenolic OH excluding ortho intramolecular Hbond substituents is 1. The van der Waals surface area contributed by atoms with Gasteiger partial charge in [0.1, 0.15) is 22.8 Å². The molecule has 0 fully saturated rings. The molecule has 1 amide bonds. The van der Waals surface area contributed by atoms with Crippen LogP contribution in [-0.4, -0.2) is 96.6 Å². The van der Waals surface area contributed by atoms with E-state index in [9.17, 15) is 56.4 Å². The lowest BCUT2D eigenvalue weighted by atomic mass is 9.58. The number of aliphatic hydroxyl groups is 3. The lowest BCUT2D eigenvalue weighted by Gasteiger charge is -2.50. The normalized spacial score (nSPS) is 26.2. The van der Waals surface area contributed by atoms with E-state index < -0.39 is 108 Å². The van der Waals surface area contributed by atoms with Gasteiger partial charge in [-0.3, -0.25) is 19.3 Å². The largest absolute Gasteiger partial charge is 0.534 e. The third-order valence-electron chi connectivity index (χ3n) is 7.78. The highest BCUT2D eigenvalue weighted by Gasteiger charge is 2.63. The number of carbonyl (C=O) groups is 3. The number of carbonyl (C=O) groups excluding carboxylic acids is 3. The summed E-state index contributed by atoms with van der Waals surface area (Å²) in [6.45, 7) is 0. The first kappa shape index (κ1) is 30.9. The summed E-state index contributed by atoms with van der Waals surface area (Å²) in [7, 11) is -0.855. The van der Waals surface area contributed by atoms with Gasteiger partial charge in [-0.15, -0.1) is 0 Å². The fourth-order valence-corrected chi connectivity index (χ4v) is 6.56. The Morgan fingerprint density at radius 3 is 2.17 bits per heavy atom. The highest BCUT2D eigenvalue weighted by atomic mass is 32.2. The van der Waals surface area contributed by atoms with E-state index >= 15 is 0 Å². The van der Waals surface area contributed by atoms with Crippen LogP contribution < -0.4 is 20.6 Å². The SMILES string of the molecule is CN(C)c1c2c(c(O)c(N)c1OS(=O)(=O)C(F)(F)F)C(=O)C1=C(O)C3(O)C(=O)C(C(N)=O)=C(O)[C@@H](N(C)C)C3CC1C2. The van der Waals surface area contributed by atoms with Crippen molar-refractivity contribution in [1.29, 1.82) is 0 Å². The average molecular weight is 621 g/mol. The number of primary amides is 1. The Kier molecular flexibility index (Phi) is 6.99. The van der Waals surface area contributed by atoms with Crippen molar-refractivity contribution in [1.82, 2.24) is 4.90 Å². The van der Waals surface area contributed by atoms with E-state index in [-0.39, 0.29) is 18.4 Å². The van der Waals surface area contributed by atoms with Crippen molar-refractivity contribution >= 4 is 39.0 Å². The minimum Gasteiger partial charge on any atom is -0.510 e. The Balaban J connectivity index is 2.01. The van der Waals surface area contributed by atoms with Crippen LogP contribution in [0.5, 0.6) is 11.5 Å². The molecule has 1 aromatic carbocycles. The first-order chi connectivity index (χ1) is 19.1. The van der Waals surface area contributed by atoms with Gasteiger partial charge in [-0.2, -0.15) is 21.6 Å². The molecule has 0 spiro atoms. The number of amides is 1. The van der Waals surface area contributed by atoms with Gasteiger partial charge in [0.2, 0.25) is 5.78 Å². The number of aliphatic hydroxyl groups excluding tert-OH is 2. The van der Waals surface area contributed by atoms with Crippen LogP contribution in [0.25, 0.3) is 0 Å². The lowest BCUT2D eigenvalue weighted by molar-refractivity contribution is -0.148. The van der Waals surface area contributed by atoms with E-state index in [0.29, 0.717) is 0 Å². The highest BCUT2D eigenvalue weighted by molar-refractivity contribution is 7.88. The van der Waals surface area contributed by atoms with Crippen molar-refractivity contribution in [3.8, 4) is 11.5 Å². The molecule has 0 radical (unpaired) electrons. The summed E-state index contributed by atoms with van der Waals surface area (Å²) in [5, 5.41) is 44.6. The van der Waals surface area contributed by atoms with Crippen LogP contribution in [-0.2, 0) is 26.1 Å². The third-order valence-corrected chi connectivity index (χ3v) is 8.73. The maximum absolute atomic E-state index is 13.8. The number of nitrogens with two attached hydrogens (primary N) is 2. The number of likely N-dealkylation sites (N-methyl/N-ethyl adjacent to an activating group) is 1. The molecule has 18 heteroatoms. The molecular formula is C24H27F3N4O10S. The van der Waals surface area contributed by atoms with Crippen LogP contribution in [0, 0.1) is 11.8 Å². The number of alkyl halides is 3. The summed E-state index contributed by atoms with van der Waals surface area (Å²) < 4.78 is 67.5. The zero-order chi connectivity index (χ0) is 32.0. The monoisotopic (exact) mass is 620 g/mol. The molecule has 4 atom stereocenters. The van der Waals surface area contributed by atoms with Crippen LogP contribution in [0.1, 0.15) is 22.3 Å². The topological polar surface area (TPSA) is 234 Å². The van der Waals surface area contributed by atoms with Crippen molar-refractivity contribution in [2.24, 2.45) is 17.6 Å². The van der Waals surface area contributed by atoms with Gasteiger partial charge in [-0.25, -0.2) is 0 Å². The standard InChI is InChI=1S/C24H27F3N4O10S/c1-30(2)14-8-5-7-6-9-15(31(3)4)18(34)12(22(29)37)21(36)23(9,38)20(35)10(7)16(32)11(8)17(33)13(28)19(14)41-42(39,40)24(25,26)27/h7,9,15,33-35,38H,5-6,28H2,1-4H3,(H2,29,37)/t7?,9?,15-,23?/m0/s1.